The molecule has 1 heterocycles. The molecule has 1 amide bonds. The number of hydrogen-bond acceptors (Lipinski definition) is 5. The number of benzene rings is 1. The van der Waals surface area contributed by atoms with E-state index in [2.05, 4.69) is 0 Å². The van der Waals surface area contributed by atoms with Gasteiger partial charge in [0.2, 0.25) is 0 Å². The zero-order valence-electron chi connectivity index (χ0n) is 13.5. The quantitative estimate of drug-likeness (QED) is 0.680. The first-order chi connectivity index (χ1) is 10.9. The predicted octanol–water partition coefficient (Wildman–Crippen LogP) is 2.31. The molecule has 1 aliphatic rings. The maximum absolute atomic E-state index is 12.2. The highest BCUT2D eigenvalue weighted by molar-refractivity contribution is 5.78. The van der Waals surface area contributed by atoms with Crippen LogP contribution in [0.1, 0.15) is 32.3 Å². The van der Waals surface area contributed by atoms with Gasteiger partial charge < -0.3 is 19.5 Å². The molecule has 1 aliphatic heterocycles. The van der Waals surface area contributed by atoms with Gasteiger partial charge in [-0.15, -0.1) is 0 Å². The van der Waals surface area contributed by atoms with Crippen LogP contribution in [0.4, 0.5) is 4.79 Å². The van der Waals surface area contributed by atoms with Crippen molar-refractivity contribution in [3.05, 3.63) is 35.9 Å². The van der Waals surface area contributed by atoms with Crippen LogP contribution in [0.2, 0.25) is 0 Å². The van der Waals surface area contributed by atoms with Crippen molar-refractivity contribution in [3.63, 3.8) is 0 Å². The average Bonchev–Trinajstić information content (AvgIpc) is 2.53. The van der Waals surface area contributed by atoms with E-state index in [0.29, 0.717) is 19.4 Å². The molecule has 1 fully saturated rings. The number of carbonyl (C=O) groups excluding carboxylic acids is 2. The zero-order chi connectivity index (χ0) is 16.9. The number of carbonyl (C=O) groups is 2. The van der Waals surface area contributed by atoms with Crippen molar-refractivity contribution in [2.45, 2.75) is 39.6 Å². The third-order valence-corrected chi connectivity index (χ3v) is 3.93. The summed E-state index contributed by atoms with van der Waals surface area (Å²) in [6.45, 7) is 4.10. The van der Waals surface area contributed by atoms with Gasteiger partial charge in [-0.2, -0.15) is 0 Å². The summed E-state index contributed by atoms with van der Waals surface area (Å²) in [5.74, 6) is -0.493. The Morgan fingerprint density at radius 1 is 1.35 bits per heavy atom. The first-order valence-electron chi connectivity index (χ1n) is 7.75. The van der Waals surface area contributed by atoms with E-state index < -0.39 is 23.8 Å². The molecule has 1 aromatic rings. The van der Waals surface area contributed by atoms with Crippen LogP contribution >= 0.6 is 0 Å². The van der Waals surface area contributed by atoms with E-state index >= 15 is 0 Å². The van der Waals surface area contributed by atoms with Gasteiger partial charge in [-0.25, -0.2) is 4.79 Å². The molecule has 0 radical (unpaired) electrons. The summed E-state index contributed by atoms with van der Waals surface area (Å²) in [5.41, 5.74) is 0.0928. The third kappa shape index (κ3) is 4.69. The van der Waals surface area contributed by atoms with E-state index in [-0.39, 0.29) is 13.2 Å². The molecule has 0 spiro atoms. The number of esters is 1. The number of nitrogens with zero attached hydrogens (tertiary/aromatic N) is 1. The molecule has 1 aromatic carbocycles. The van der Waals surface area contributed by atoms with Gasteiger partial charge in [-0.05, 0) is 32.3 Å². The van der Waals surface area contributed by atoms with Gasteiger partial charge >= 0.3 is 12.1 Å². The molecule has 1 saturated heterocycles. The van der Waals surface area contributed by atoms with E-state index in [9.17, 15) is 14.7 Å². The molecule has 0 aromatic heterocycles. The van der Waals surface area contributed by atoms with Crippen LogP contribution in [0, 0.1) is 5.41 Å². The van der Waals surface area contributed by atoms with E-state index in [0.717, 1.165) is 5.56 Å². The van der Waals surface area contributed by atoms with Crippen LogP contribution in [0.5, 0.6) is 0 Å². The van der Waals surface area contributed by atoms with Crippen LogP contribution in [0.15, 0.2) is 30.3 Å². The summed E-state index contributed by atoms with van der Waals surface area (Å²) in [6, 6.07) is 9.43. The van der Waals surface area contributed by atoms with Gasteiger partial charge in [0, 0.05) is 13.1 Å². The number of hydrogen-bond donors (Lipinski definition) is 1. The molecule has 2 unspecified atom stereocenters. The molecule has 126 valence electrons. The second-order valence-electron chi connectivity index (χ2n) is 6.13. The molecule has 2 rings (SSSR count). The Morgan fingerprint density at radius 3 is 2.70 bits per heavy atom. The molecule has 2 atom stereocenters. The van der Waals surface area contributed by atoms with Gasteiger partial charge in [0.25, 0.3) is 0 Å². The lowest BCUT2D eigenvalue weighted by atomic mass is 9.82. The molecular formula is C17H23NO5. The largest absolute Gasteiger partial charge is 0.445 e. The number of piperidine rings is 1. The van der Waals surface area contributed by atoms with Gasteiger partial charge in [0.15, 0.2) is 6.29 Å². The number of aliphatic hydroxyl groups excluding tert-OH is 1. The minimum Gasteiger partial charge on any atom is -0.445 e. The smallest absolute Gasteiger partial charge is 0.410 e. The van der Waals surface area contributed by atoms with Crippen LogP contribution in [-0.2, 0) is 20.9 Å². The molecule has 1 N–H and O–H groups in total. The van der Waals surface area contributed by atoms with E-state index in [4.69, 9.17) is 9.47 Å². The van der Waals surface area contributed by atoms with Gasteiger partial charge in [0.1, 0.15) is 6.61 Å². The predicted molar refractivity (Wildman–Crippen MR) is 83.3 cm³/mol. The summed E-state index contributed by atoms with van der Waals surface area (Å²) in [5, 5.41) is 9.20. The minimum atomic E-state index is -1.15. The van der Waals surface area contributed by atoms with Crippen molar-refractivity contribution < 1.29 is 24.2 Å². The maximum Gasteiger partial charge on any atom is 0.410 e. The summed E-state index contributed by atoms with van der Waals surface area (Å²) in [6.07, 6.45) is -0.295. The van der Waals surface area contributed by atoms with Crippen LogP contribution in [-0.4, -0.2) is 41.4 Å². The molecule has 6 nitrogen and oxygen atoms in total. The summed E-state index contributed by atoms with van der Waals surface area (Å²) in [4.78, 5) is 25.8. The van der Waals surface area contributed by atoms with Crippen LogP contribution in [0.25, 0.3) is 0 Å². The Morgan fingerprint density at radius 2 is 2.04 bits per heavy atom. The highest BCUT2D eigenvalue weighted by atomic mass is 16.6. The van der Waals surface area contributed by atoms with Crippen LogP contribution < -0.4 is 0 Å². The molecule has 0 bridgehead atoms. The third-order valence-electron chi connectivity index (χ3n) is 3.93. The van der Waals surface area contributed by atoms with E-state index in [1.54, 1.807) is 6.92 Å². The number of ether oxygens (including phenoxy) is 2. The minimum absolute atomic E-state index is 0.199. The van der Waals surface area contributed by atoms with Gasteiger partial charge in [-0.3, -0.25) is 4.79 Å². The lowest BCUT2D eigenvalue weighted by molar-refractivity contribution is -0.179. The maximum atomic E-state index is 12.2. The Hall–Kier alpha value is -2.08. The molecule has 0 aliphatic carbocycles. The topological polar surface area (TPSA) is 76.1 Å². The number of amides is 1. The van der Waals surface area contributed by atoms with Crippen molar-refractivity contribution in [2.75, 3.05) is 13.1 Å². The fourth-order valence-corrected chi connectivity index (χ4v) is 2.67. The Bertz CT molecular complexity index is 545. The standard InChI is InChI=1S/C17H23NO5/c1-13(19)23-15(20)17(2)9-6-10-18(12-17)16(21)22-11-14-7-4-3-5-8-14/h3-5,7-8,13,19H,6,9-12H2,1-2H3. The van der Waals surface area contributed by atoms with Crippen molar-refractivity contribution in [2.24, 2.45) is 5.41 Å². The second kappa shape index (κ2) is 7.46. The molecule has 0 saturated carbocycles. The average molecular weight is 321 g/mol. The molecule has 23 heavy (non-hydrogen) atoms. The first-order valence-corrected chi connectivity index (χ1v) is 7.75. The molecular weight excluding hydrogens is 298 g/mol. The first kappa shape index (κ1) is 17.3. The highest BCUT2D eigenvalue weighted by Gasteiger charge is 2.41. The van der Waals surface area contributed by atoms with Crippen molar-refractivity contribution in [3.8, 4) is 0 Å². The normalized spacial score (nSPS) is 22.3. The van der Waals surface area contributed by atoms with Crippen molar-refractivity contribution in [1.29, 1.82) is 0 Å². The summed E-state index contributed by atoms with van der Waals surface area (Å²) < 4.78 is 10.2. The summed E-state index contributed by atoms with van der Waals surface area (Å²) in [7, 11) is 0. The Balaban J connectivity index is 1.92. The van der Waals surface area contributed by atoms with Gasteiger partial charge in [-0.1, -0.05) is 30.3 Å². The monoisotopic (exact) mass is 321 g/mol. The number of likely N-dealkylation sites (tertiary alicyclic amines) is 1. The number of rotatable bonds is 4. The Labute approximate surface area is 136 Å². The lowest BCUT2D eigenvalue weighted by Crippen LogP contribution is -2.49. The van der Waals surface area contributed by atoms with Gasteiger partial charge in [0.05, 0.1) is 5.41 Å². The number of aliphatic hydroxyl groups is 1. The SMILES string of the molecule is CC(O)OC(=O)C1(C)CCCN(C(=O)OCc2ccccc2)C1. The fourth-order valence-electron chi connectivity index (χ4n) is 2.67. The van der Waals surface area contributed by atoms with Crippen LogP contribution in [0.3, 0.4) is 0 Å². The second-order valence-corrected chi connectivity index (χ2v) is 6.13. The lowest BCUT2D eigenvalue weighted by Gasteiger charge is -2.38. The van der Waals surface area contributed by atoms with Crippen molar-refractivity contribution >= 4 is 12.1 Å². The van der Waals surface area contributed by atoms with E-state index in [1.165, 1.54) is 11.8 Å². The fraction of sp³-hybridized carbons (Fsp3) is 0.529. The Kier molecular flexibility index (Phi) is 5.60. The summed E-state index contributed by atoms with van der Waals surface area (Å²) >= 11 is 0. The van der Waals surface area contributed by atoms with Crippen molar-refractivity contribution in [1.82, 2.24) is 4.90 Å². The van der Waals surface area contributed by atoms with E-state index in [1.807, 2.05) is 30.3 Å². The zero-order valence-corrected chi connectivity index (χ0v) is 13.5. The molecule has 6 heteroatoms. The highest BCUT2D eigenvalue weighted by Crippen LogP contribution is 2.31.